The molecule has 1 heterocycles. The molecule has 0 bridgehead atoms. The first kappa shape index (κ1) is 10.5. The Hall–Kier alpha value is -1.55. The van der Waals surface area contributed by atoms with Gasteiger partial charge in [-0.05, 0) is 24.8 Å². The molecular weight excluding hydrogens is 180 g/mol. The Kier molecular flexibility index (Phi) is 3.09. The fraction of sp³-hybridized carbons (Fsp3) is 0.300. The van der Waals surface area contributed by atoms with Gasteiger partial charge in [0.05, 0.1) is 0 Å². The maximum Gasteiger partial charge on any atom is 0.351 e. The largest absolute Gasteiger partial charge is 0.458 e. The number of carbonyl (C=O) groups is 1. The fourth-order valence-corrected chi connectivity index (χ4v) is 1.09. The van der Waals surface area contributed by atoms with Gasteiger partial charge in [0, 0.05) is 0 Å². The molecule has 0 saturated carbocycles. The smallest absolute Gasteiger partial charge is 0.351 e. The summed E-state index contributed by atoms with van der Waals surface area (Å²) in [5.41, 5.74) is 5.33. The van der Waals surface area contributed by atoms with E-state index in [1.54, 1.807) is 25.3 Å². The molecule has 14 heavy (non-hydrogen) atoms. The highest BCUT2D eigenvalue weighted by molar-refractivity contribution is 5.84. The number of esters is 1. The molecule has 0 radical (unpaired) electrons. The minimum absolute atomic E-state index is 0.163. The summed E-state index contributed by atoms with van der Waals surface area (Å²) in [7, 11) is 0. The second-order valence-corrected chi connectivity index (χ2v) is 3.05. The molecule has 1 rings (SSSR count). The fourth-order valence-electron chi connectivity index (χ4n) is 1.09. The molecule has 3 N–H and O–H groups in total. The number of allylic oxidation sites excluding steroid dienone is 2. The van der Waals surface area contributed by atoms with Gasteiger partial charge in [-0.25, -0.2) is 4.79 Å². The molecule has 0 aliphatic carbocycles. The Labute approximate surface area is 83.1 Å². The van der Waals surface area contributed by atoms with Crippen LogP contribution in [0.1, 0.15) is 6.92 Å². The van der Waals surface area contributed by atoms with Crippen LogP contribution in [0, 0.1) is 0 Å². The van der Waals surface area contributed by atoms with E-state index in [0.717, 1.165) is 0 Å². The van der Waals surface area contributed by atoms with Gasteiger partial charge in [0.1, 0.15) is 6.61 Å². The van der Waals surface area contributed by atoms with Crippen molar-refractivity contribution in [1.82, 2.24) is 5.32 Å². The highest BCUT2D eigenvalue weighted by Gasteiger charge is 2.37. The Bertz CT molecular complexity index is 307. The van der Waals surface area contributed by atoms with Crippen LogP contribution in [-0.2, 0) is 9.53 Å². The lowest BCUT2D eigenvalue weighted by Crippen LogP contribution is -2.60. The van der Waals surface area contributed by atoms with Crippen LogP contribution in [0.3, 0.4) is 0 Å². The lowest BCUT2D eigenvalue weighted by atomic mass is 10.00. The van der Waals surface area contributed by atoms with Crippen LogP contribution >= 0.6 is 0 Å². The summed E-state index contributed by atoms with van der Waals surface area (Å²) < 4.78 is 4.88. The van der Waals surface area contributed by atoms with E-state index in [0.29, 0.717) is 5.57 Å². The van der Waals surface area contributed by atoms with Crippen molar-refractivity contribution in [2.45, 2.75) is 12.6 Å². The highest BCUT2D eigenvalue weighted by atomic mass is 16.5. The first-order valence-corrected chi connectivity index (χ1v) is 4.30. The second kappa shape index (κ2) is 4.11. The van der Waals surface area contributed by atoms with Crippen LogP contribution in [0.2, 0.25) is 0 Å². The van der Waals surface area contributed by atoms with Gasteiger partial charge in [-0.1, -0.05) is 18.7 Å². The van der Waals surface area contributed by atoms with Crippen molar-refractivity contribution in [3.8, 4) is 0 Å². The Balaban J connectivity index is 2.74. The average molecular weight is 194 g/mol. The van der Waals surface area contributed by atoms with Crippen LogP contribution in [0.4, 0.5) is 0 Å². The summed E-state index contributed by atoms with van der Waals surface area (Å²) in [6, 6.07) is 0. The average Bonchev–Trinajstić information content (AvgIpc) is 2.19. The van der Waals surface area contributed by atoms with E-state index in [9.17, 15) is 4.79 Å². The number of hydrogen-bond acceptors (Lipinski definition) is 4. The Morgan fingerprint density at radius 1 is 1.86 bits per heavy atom. The van der Waals surface area contributed by atoms with Crippen LogP contribution < -0.4 is 11.1 Å². The number of nitrogens with two attached hydrogens (primary N) is 1. The van der Waals surface area contributed by atoms with E-state index in [1.165, 1.54) is 6.08 Å². The molecule has 1 atom stereocenters. The number of rotatable bonds is 3. The molecule has 1 aliphatic heterocycles. The van der Waals surface area contributed by atoms with E-state index in [2.05, 4.69) is 11.9 Å². The maximum absolute atomic E-state index is 11.6. The van der Waals surface area contributed by atoms with Crippen molar-refractivity contribution in [1.29, 1.82) is 0 Å². The van der Waals surface area contributed by atoms with Gasteiger partial charge in [0.2, 0.25) is 5.66 Å². The van der Waals surface area contributed by atoms with Crippen LogP contribution in [0.25, 0.3) is 0 Å². The van der Waals surface area contributed by atoms with Crippen molar-refractivity contribution < 1.29 is 9.53 Å². The third-order valence-corrected chi connectivity index (χ3v) is 2.03. The van der Waals surface area contributed by atoms with Gasteiger partial charge < -0.3 is 10.1 Å². The molecule has 0 amide bonds. The molecule has 0 spiro atoms. The first-order valence-electron chi connectivity index (χ1n) is 4.30. The number of carbonyl (C=O) groups excluding carboxylic acids is 1. The van der Waals surface area contributed by atoms with E-state index >= 15 is 0 Å². The number of nitrogens with one attached hydrogen (secondary N) is 1. The third-order valence-electron chi connectivity index (χ3n) is 2.03. The lowest BCUT2D eigenvalue weighted by Gasteiger charge is -2.30. The summed E-state index contributed by atoms with van der Waals surface area (Å²) in [4.78, 5) is 11.6. The van der Waals surface area contributed by atoms with Gasteiger partial charge in [0.25, 0.3) is 0 Å². The van der Waals surface area contributed by atoms with E-state index in [1.807, 2.05) is 0 Å². The van der Waals surface area contributed by atoms with Gasteiger partial charge in [-0.2, -0.15) is 0 Å². The first-order chi connectivity index (χ1) is 6.61. The topological polar surface area (TPSA) is 64.3 Å². The van der Waals surface area contributed by atoms with E-state index in [-0.39, 0.29) is 6.61 Å². The zero-order valence-corrected chi connectivity index (χ0v) is 8.12. The standard InChI is InChI=1S/C10H14N2O2/c1-3-7-14-9(13)10(11)8(2)5-4-6-12-10/h3-6,12H,1,7,11H2,2H3. The van der Waals surface area contributed by atoms with Gasteiger partial charge >= 0.3 is 5.97 Å². The third kappa shape index (κ3) is 1.85. The molecule has 76 valence electrons. The van der Waals surface area contributed by atoms with Crippen molar-refractivity contribution in [3.63, 3.8) is 0 Å². The summed E-state index contributed by atoms with van der Waals surface area (Å²) >= 11 is 0. The number of hydrogen-bond donors (Lipinski definition) is 2. The number of dihydropyridines is 1. The summed E-state index contributed by atoms with van der Waals surface area (Å²) in [6.07, 6.45) is 6.66. The summed E-state index contributed by atoms with van der Waals surface area (Å²) in [5, 5.41) is 2.77. The maximum atomic E-state index is 11.6. The quantitative estimate of drug-likeness (QED) is 0.505. The molecule has 0 aromatic carbocycles. The van der Waals surface area contributed by atoms with Crippen molar-refractivity contribution in [2.75, 3.05) is 6.61 Å². The zero-order chi connectivity index (χ0) is 10.6. The highest BCUT2D eigenvalue weighted by Crippen LogP contribution is 2.15. The molecule has 4 nitrogen and oxygen atoms in total. The predicted molar refractivity (Wildman–Crippen MR) is 54.1 cm³/mol. The van der Waals surface area contributed by atoms with Crippen molar-refractivity contribution in [3.05, 3.63) is 36.6 Å². The molecule has 0 fully saturated rings. The summed E-state index contributed by atoms with van der Waals surface area (Å²) in [6.45, 7) is 5.39. The monoisotopic (exact) mass is 194 g/mol. The normalized spacial score (nSPS) is 24.9. The predicted octanol–water partition coefficient (Wildman–Crippen LogP) is 0.434. The van der Waals surface area contributed by atoms with Crippen LogP contribution in [0.15, 0.2) is 36.6 Å². The van der Waals surface area contributed by atoms with Crippen molar-refractivity contribution in [2.24, 2.45) is 5.73 Å². The number of ether oxygens (including phenoxy) is 1. The van der Waals surface area contributed by atoms with Gasteiger partial charge in [0.15, 0.2) is 0 Å². The zero-order valence-electron chi connectivity index (χ0n) is 8.12. The molecule has 1 aliphatic rings. The second-order valence-electron chi connectivity index (χ2n) is 3.05. The Morgan fingerprint density at radius 3 is 3.14 bits per heavy atom. The lowest BCUT2D eigenvalue weighted by molar-refractivity contribution is -0.148. The van der Waals surface area contributed by atoms with Crippen molar-refractivity contribution >= 4 is 5.97 Å². The molecule has 0 saturated heterocycles. The van der Waals surface area contributed by atoms with Gasteiger partial charge in [-0.3, -0.25) is 5.73 Å². The van der Waals surface area contributed by atoms with Crippen LogP contribution in [0.5, 0.6) is 0 Å². The molecule has 0 aromatic rings. The molecule has 1 unspecified atom stereocenters. The summed E-state index contributed by atoms with van der Waals surface area (Å²) in [5.74, 6) is -0.504. The molecule has 4 heteroatoms. The van der Waals surface area contributed by atoms with E-state index in [4.69, 9.17) is 10.5 Å². The molecular formula is C10H14N2O2. The minimum atomic E-state index is -1.24. The van der Waals surface area contributed by atoms with Crippen LogP contribution in [-0.4, -0.2) is 18.2 Å². The van der Waals surface area contributed by atoms with Gasteiger partial charge in [-0.15, -0.1) is 0 Å². The van der Waals surface area contributed by atoms with E-state index < -0.39 is 11.6 Å². The Morgan fingerprint density at radius 2 is 2.57 bits per heavy atom. The SMILES string of the molecule is C=CCOC(=O)C1(N)NC=CC=C1C. The minimum Gasteiger partial charge on any atom is -0.458 e. The molecule has 0 aromatic heterocycles.